The topological polar surface area (TPSA) is 25.8 Å². The van der Waals surface area contributed by atoms with Gasteiger partial charge in [-0.3, -0.25) is 0 Å². The SMILES string of the molecule is Cc1nc(Br)c(F)c(Br)n1. The van der Waals surface area contributed by atoms with Crippen LogP contribution in [0.25, 0.3) is 0 Å². The highest BCUT2D eigenvalue weighted by molar-refractivity contribution is 9.11. The lowest BCUT2D eigenvalue weighted by molar-refractivity contribution is 0.592. The van der Waals surface area contributed by atoms with Gasteiger partial charge in [-0.15, -0.1) is 0 Å². The van der Waals surface area contributed by atoms with Crippen molar-refractivity contribution < 1.29 is 4.39 Å². The lowest BCUT2D eigenvalue weighted by atomic mass is 10.6. The minimum Gasteiger partial charge on any atom is -0.223 e. The van der Waals surface area contributed by atoms with Gasteiger partial charge in [0.2, 0.25) is 0 Å². The highest BCUT2D eigenvalue weighted by Crippen LogP contribution is 2.18. The van der Waals surface area contributed by atoms with E-state index < -0.39 is 5.82 Å². The molecule has 0 bridgehead atoms. The van der Waals surface area contributed by atoms with E-state index in [1.807, 2.05) is 0 Å². The van der Waals surface area contributed by atoms with Crippen LogP contribution in [0.2, 0.25) is 0 Å². The number of aromatic nitrogens is 2. The molecule has 0 aliphatic carbocycles. The Morgan fingerprint density at radius 2 is 1.60 bits per heavy atom. The summed E-state index contributed by atoms with van der Waals surface area (Å²) < 4.78 is 13.1. The molecule has 0 aliphatic heterocycles. The minimum atomic E-state index is -0.467. The van der Waals surface area contributed by atoms with E-state index in [0.29, 0.717) is 5.82 Å². The van der Waals surface area contributed by atoms with Crippen LogP contribution in [0.1, 0.15) is 5.82 Å². The number of rotatable bonds is 0. The Morgan fingerprint density at radius 3 is 2.00 bits per heavy atom. The van der Waals surface area contributed by atoms with Gasteiger partial charge in [0.15, 0.2) is 5.82 Å². The molecule has 0 aromatic carbocycles. The second-order valence-corrected chi connectivity index (χ2v) is 3.17. The molecule has 1 rings (SSSR count). The molecule has 0 atom stereocenters. The van der Waals surface area contributed by atoms with E-state index in [9.17, 15) is 4.39 Å². The van der Waals surface area contributed by atoms with Crippen molar-refractivity contribution in [2.45, 2.75) is 6.92 Å². The third-order valence-electron chi connectivity index (χ3n) is 0.882. The highest BCUT2D eigenvalue weighted by atomic mass is 79.9. The molecule has 54 valence electrons. The van der Waals surface area contributed by atoms with Crippen LogP contribution in [0.4, 0.5) is 4.39 Å². The van der Waals surface area contributed by atoms with Crippen LogP contribution in [0.15, 0.2) is 9.21 Å². The van der Waals surface area contributed by atoms with E-state index in [0.717, 1.165) is 0 Å². The van der Waals surface area contributed by atoms with Gasteiger partial charge in [-0.05, 0) is 38.8 Å². The first kappa shape index (κ1) is 8.07. The van der Waals surface area contributed by atoms with Crippen molar-refractivity contribution in [3.8, 4) is 0 Å². The van der Waals surface area contributed by atoms with Gasteiger partial charge in [-0.1, -0.05) is 0 Å². The van der Waals surface area contributed by atoms with Crippen LogP contribution in [0.5, 0.6) is 0 Å². The average Bonchev–Trinajstić information content (AvgIpc) is 1.82. The largest absolute Gasteiger partial charge is 0.223 e. The summed E-state index contributed by atoms with van der Waals surface area (Å²) in [4.78, 5) is 7.47. The van der Waals surface area contributed by atoms with Crippen molar-refractivity contribution >= 4 is 31.9 Å². The molecule has 0 saturated heterocycles. The molecule has 1 aromatic rings. The van der Waals surface area contributed by atoms with E-state index in [1.54, 1.807) is 6.92 Å². The quantitative estimate of drug-likeness (QED) is 0.676. The third kappa shape index (κ3) is 1.52. The zero-order valence-corrected chi connectivity index (χ0v) is 8.20. The summed E-state index contributed by atoms with van der Waals surface area (Å²) in [6.07, 6.45) is 0. The summed E-state index contributed by atoms with van der Waals surface area (Å²) >= 11 is 5.88. The Hall–Kier alpha value is -0.0300. The molecule has 0 spiro atoms. The second-order valence-electron chi connectivity index (χ2n) is 1.67. The Balaban J connectivity index is 3.31. The number of hydrogen-bond acceptors (Lipinski definition) is 2. The molecule has 0 saturated carbocycles. The minimum absolute atomic E-state index is 0.187. The first-order chi connectivity index (χ1) is 4.61. The Bertz CT molecular complexity index is 241. The third-order valence-corrected chi connectivity index (χ3v) is 1.93. The molecule has 2 nitrogen and oxygen atoms in total. The summed E-state index contributed by atoms with van der Waals surface area (Å²) in [5.41, 5.74) is 0. The van der Waals surface area contributed by atoms with Crippen LogP contribution >= 0.6 is 31.9 Å². The van der Waals surface area contributed by atoms with Gasteiger partial charge in [0.25, 0.3) is 0 Å². The van der Waals surface area contributed by atoms with Crippen LogP contribution in [-0.4, -0.2) is 9.97 Å². The van der Waals surface area contributed by atoms with E-state index in [4.69, 9.17) is 0 Å². The first-order valence-electron chi connectivity index (χ1n) is 2.46. The molecule has 0 radical (unpaired) electrons. The summed E-state index contributed by atoms with van der Waals surface area (Å²) in [6, 6.07) is 0. The van der Waals surface area contributed by atoms with Gasteiger partial charge < -0.3 is 0 Å². The summed E-state index contributed by atoms with van der Waals surface area (Å²) in [7, 11) is 0. The van der Waals surface area contributed by atoms with Gasteiger partial charge >= 0.3 is 0 Å². The summed E-state index contributed by atoms with van der Waals surface area (Å²) in [5, 5.41) is 0. The van der Waals surface area contributed by atoms with Gasteiger partial charge in [0, 0.05) is 0 Å². The molecular formula is C5H3Br2FN2. The smallest absolute Gasteiger partial charge is 0.188 e. The van der Waals surface area contributed by atoms with E-state index in [1.165, 1.54) is 0 Å². The zero-order valence-electron chi connectivity index (χ0n) is 5.03. The van der Waals surface area contributed by atoms with Crippen molar-refractivity contribution in [3.05, 3.63) is 20.8 Å². The fourth-order valence-corrected chi connectivity index (χ4v) is 1.65. The molecule has 1 heterocycles. The van der Waals surface area contributed by atoms with Crippen LogP contribution in [-0.2, 0) is 0 Å². The maximum Gasteiger partial charge on any atom is 0.188 e. The first-order valence-corrected chi connectivity index (χ1v) is 4.05. The van der Waals surface area contributed by atoms with Crippen LogP contribution in [0, 0.1) is 12.7 Å². The van der Waals surface area contributed by atoms with Gasteiger partial charge in [0.1, 0.15) is 15.0 Å². The van der Waals surface area contributed by atoms with E-state index in [2.05, 4.69) is 41.8 Å². The fourth-order valence-electron chi connectivity index (χ4n) is 0.492. The summed E-state index contributed by atoms with van der Waals surface area (Å²) in [6.45, 7) is 1.69. The molecule has 0 unspecified atom stereocenters. The second kappa shape index (κ2) is 2.92. The zero-order chi connectivity index (χ0) is 7.72. The molecule has 0 fully saturated rings. The van der Waals surface area contributed by atoms with Gasteiger partial charge in [0.05, 0.1) is 0 Å². The predicted molar refractivity (Wildman–Crippen MR) is 42.1 cm³/mol. The van der Waals surface area contributed by atoms with Crippen molar-refractivity contribution in [2.24, 2.45) is 0 Å². The number of hydrogen-bond donors (Lipinski definition) is 0. The average molecular weight is 270 g/mol. The number of aryl methyl sites for hydroxylation is 1. The fraction of sp³-hybridized carbons (Fsp3) is 0.200. The highest BCUT2D eigenvalue weighted by Gasteiger charge is 2.06. The Labute approximate surface area is 74.1 Å². The van der Waals surface area contributed by atoms with Gasteiger partial charge in [-0.2, -0.15) is 0 Å². The maximum absolute atomic E-state index is 12.7. The van der Waals surface area contributed by atoms with Crippen molar-refractivity contribution in [2.75, 3.05) is 0 Å². The molecular weight excluding hydrogens is 267 g/mol. The molecule has 0 amide bonds. The molecule has 5 heteroatoms. The van der Waals surface area contributed by atoms with Crippen molar-refractivity contribution in [3.63, 3.8) is 0 Å². The van der Waals surface area contributed by atoms with E-state index >= 15 is 0 Å². The van der Waals surface area contributed by atoms with Crippen molar-refractivity contribution in [1.29, 1.82) is 0 Å². The molecule has 0 aliphatic rings. The maximum atomic E-state index is 12.7. The number of nitrogens with zero attached hydrogens (tertiary/aromatic N) is 2. The van der Waals surface area contributed by atoms with E-state index in [-0.39, 0.29) is 9.21 Å². The Morgan fingerprint density at radius 1 is 1.20 bits per heavy atom. The lowest BCUT2D eigenvalue weighted by Crippen LogP contribution is -1.93. The predicted octanol–water partition coefficient (Wildman–Crippen LogP) is 2.45. The van der Waals surface area contributed by atoms with Crippen LogP contribution < -0.4 is 0 Å². The van der Waals surface area contributed by atoms with Gasteiger partial charge in [-0.25, -0.2) is 14.4 Å². The molecule has 1 aromatic heterocycles. The lowest BCUT2D eigenvalue weighted by Gasteiger charge is -1.96. The summed E-state index contributed by atoms with van der Waals surface area (Å²) in [5.74, 6) is 0.0609. The molecule has 10 heavy (non-hydrogen) atoms. The normalized spacial score (nSPS) is 10.0. The Kier molecular flexibility index (Phi) is 2.36. The van der Waals surface area contributed by atoms with Crippen molar-refractivity contribution in [1.82, 2.24) is 9.97 Å². The number of halogens is 3. The van der Waals surface area contributed by atoms with Crippen LogP contribution in [0.3, 0.4) is 0 Å². The standard InChI is InChI=1S/C5H3Br2FN2/c1-2-9-4(6)3(8)5(7)10-2/h1H3. The molecule has 0 N–H and O–H groups in total. The monoisotopic (exact) mass is 268 g/mol.